The van der Waals surface area contributed by atoms with E-state index >= 15 is 0 Å². The van der Waals surface area contributed by atoms with Gasteiger partial charge in [-0.05, 0) is 0 Å². The van der Waals surface area contributed by atoms with Gasteiger partial charge in [-0.1, -0.05) is 0 Å². The standard InChI is InChI=1S/C10H13N7/c1-3-17(4-2-11-1)10-14-9(15-16-10)8-5-12-7-13-6-8/h5-7,11H,1-4H2,(H,14,15,16). The number of hydrogen-bond acceptors (Lipinski definition) is 6. The lowest BCUT2D eigenvalue weighted by Crippen LogP contribution is -2.44. The average Bonchev–Trinajstić information content (AvgIpc) is 2.90. The first-order chi connectivity index (χ1) is 8.43. The van der Waals surface area contributed by atoms with E-state index in [4.69, 9.17) is 0 Å². The van der Waals surface area contributed by atoms with E-state index in [1.807, 2.05) is 0 Å². The number of nitrogens with one attached hydrogen (secondary N) is 2. The van der Waals surface area contributed by atoms with Crippen molar-refractivity contribution >= 4 is 5.95 Å². The second-order valence-electron chi connectivity index (χ2n) is 3.85. The molecule has 2 N–H and O–H groups in total. The lowest BCUT2D eigenvalue weighted by atomic mass is 10.3. The van der Waals surface area contributed by atoms with Gasteiger partial charge in [0.1, 0.15) is 6.33 Å². The molecule has 0 radical (unpaired) electrons. The number of hydrogen-bond donors (Lipinski definition) is 2. The Hall–Kier alpha value is -2.02. The van der Waals surface area contributed by atoms with Crippen molar-refractivity contribution in [3.05, 3.63) is 18.7 Å². The van der Waals surface area contributed by atoms with Crippen molar-refractivity contribution in [3.63, 3.8) is 0 Å². The average molecular weight is 231 g/mol. The Morgan fingerprint density at radius 1 is 1.12 bits per heavy atom. The zero-order valence-corrected chi connectivity index (χ0v) is 9.30. The Balaban J connectivity index is 1.83. The molecule has 17 heavy (non-hydrogen) atoms. The number of anilines is 1. The van der Waals surface area contributed by atoms with Gasteiger partial charge in [0.25, 0.3) is 0 Å². The van der Waals surface area contributed by atoms with Crippen molar-refractivity contribution in [1.29, 1.82) is 0 Å². The molecule has 0 bridgehead atoms. The minimum absolute atomic E-state index is 0.708. The molecule has 88 valence electrons. The first kappa shape index (κ1) is 10.2. The number of aromatic amines is 1. The minimum atomic E-state index is 0.708. The number of H-pyrrole nitrogens is 1. The second-order valence-corrected chi connectivity index (χ2v) is 3.85. The Bertz CT molecular complexity index is 474. The van der Waals surface area contributed by atoms with Gasteiger partial charge < -0.3 is 10.2 Å². The van der Waals surface area contributed by atoms with Gasteiger partial charge in [0.15, 0.2) is 5.82 Å². The largest absolute Gasteiger partial charge is 0.337 e. The quantitative estimate of drug-likeness (QED) is 0.736. The summed E-state index contributed by atoms with van der Waals surface area (Å²) < 4.78 is 0. The third-order valence-electron chi connectivity index (χ3n) is 2.71. The highest BCUT2D eigenvalue weighted by Crippen LogP contribution is 2.15. The predicted molar refractivity (Wildman–Crippen MR) is 62.5 cm³/mol. The van der Waals surface area contributed by atoms with Gasteiger partial charge in [0, 0.05) is 38.6 Å². The highest BCUT2D eigenvalue weighted by molar-refractivity contribution is 5.53. The summed E-state index contributed by atoms with van der Waals surface area (Å²) in [6.07, 6.45) is 4.93. The molecule has 1 aliphatic rings. The molecule has 3 rings (SSSR count). The van der Waals surface area contributed by atoms with Crippen LogP contribution < -0.4 is 10.2 Å². The van der Waals surface area contributed by atoms with Gasteiger partial charge in [-0.2, -0.15) is 4.98 Å². The number of nitrogens with zero attached hydrogens (tertiary/aromatic N) is 5. The summed E-state index contributed by atoms with van der Waals surface area (Å²) in [6.45, 7) is 3.81. The molecule has 1 fully saturated rings. The zero-order chi connectivity index (χ0) is 11.5. The maximum Gasteiger partial charge on any atom is 0.245 e. The molecule has 7 heteroatoms. The molecule has 2 aromatic heterocycles. The van der Waals surface area contributed by atoms with Crippen LogP contribution in [0.25, 0.3) is 11.4 Å². The highest BCUT2D eigenvalue weighted by atomic mass is 15.4. The topological polar surface area (TPSA) is 82.6 Å². The van der Waals surface area contributed by atoms with Crippen LogP contribution in [-0.2, 0) is 0 Å². The smallest absolute Gasteiger partial charge is 0.245 e. The molecular formula is C10H13N7. The van der Waals surface area contributed by atoms with Gasteiger partial charge in [0.2, 0.25) is 5.95 Å². The lowest BCUT2D eigenvalue weighted by Gasteiger charge is -2.25. The Morgan fingerprint density at radius 3 is 2.65 bits per heavy atom. The maximum absolute atomic E-state index is 4.46. The van der Waals surface area contributed by atoms with Crippen LogP contribution in [0, 0.1) is 0 Å². The molecule has 2 aromatic rings. The van der Waals surface area contributed by atoms with Crippen LogP contribution in [0.5, 0.6) is 0 Å². The SMILES string of the molecule is c1ncc(-c2nc(N3CCNCC3)n[nH]2)cn1. The number of aromatic nitrogens is 5. The van der Waals surface area contributed by atoms with Gasteiger partial charge >= 0.3 is 0 Å². The summed E-state index contributed by atoms with van der Waals surface area (Å²) >= 11 is 0. The normalized spacial score (nSPS) is 16.1. The van der Waals surface area contributed by atoms with E-state index in [9.17, 15) is 0 Å². The van der Waals surface area contributed by atoms with Crippen LogP contribution in [0.1, 0.15) is 0 Å². The molecule has 0 unspecified atom stereocenters. The van der Waals surface area contributed by atoms with Gasteiger partial charge in [0.05, 0.1) is 5.56 Å². The van der Waals surface area contributed by atoms with Crippen LogP contribution in [0.2, 0.25) is 0 Å². The van der Waals surface area contributed by atoms with Crippen LogP contribution in [-0.4, -0.2) is 51.3 Å². The summed E-state index contributed by atoms with van der Waals surface area (Å²) in [7, 11) is 0. The summed E-state index contributed by atoms with van der Waals surface area (Å²) in [5, 5.41) is 10.4. The first-order valence-electron chi connectivity index (χ1n) is 5.57. The second kappa shape index (κ2) is 4.46. The fourth-order valence-corrected chi connectivity index (χ4v) is 1.81. The lowest BCUT2D eigenvalue weighted by molar-refractivity contribution is 0.580. The van der Waals surface area contributed by atoms with Gasteiger partial charge in [-0.3, -0.25) is 5.10 Å². The predicted octanol–water partition coefficient (Wildman–Crippen LogP) is -0.329. The van der Waals surface area contributed by atoms with Crippen molar-refractivity contribution in [3.8, 4) is 11.4 Å². The maximum atomic E-state index is 4.46. The third kappa shape index (κ3) is 2.09. The first-order valence-corrected chi connectivity index (χ1v) is 5.57. The highest BCUT2D eigenvalue weighted by Gasteiger charge is 2.15. The van der Waals surface area contributed by atoms with Crippen molar-refractivity contribution in [2.75, 3.05) is 31.1 Å². The number of piperazine rings is 1. The minimum Gasteiger partial charge on any atom is -0.337 e. The molecule has 0 spiro atoms. The van der Waals surface area contributed by atoms with Crippen LogP contribution in [0.4, 0.5) is 5.95 Å². The summed E-state index contributed by atoms with van der Waals surface area (Å²) in [6, 6.07) is 0. The van der Waals surface area contributed by atoms with E-state index in [1.54, 1.807) is 12.4 Å². The van der Waals surface area contributed by atoms with Gasteiger partial charge in [-0.25, -0.2) is 9.97 Å². The molecule has 3 heterocycles. The summed E-state index contributed by atoms with van der Waals surface area (Å²) in [4.78, 5) is 14.5. The van der Waals surface area contributed by atoms with E-state index in [0.717, 1.165) is 37.7 Å². The fourth-order valence-electron chi connectivity index (χ4n) is 1.81. The van der Waals surface area contributed by atoms with E-state index in [2.05, 4.69) is 35.4 Å². The fraction of sp³-hybridized carbons (Fsp3) is 0.400. The molecule has 0 amide bonds. The monoisotopic (exact) mass is 231 g/mol. The van der Waals surface area contributed by atoms with Crippen molar-refractivity contribution in [1.82, 2.24) is 30.5 Å². The molecule has 0 saturated carbocycles. The Labute approximate surface area is 98.3 Å². The number of rotatable bonds is 2. The van der Waals surface area contributed by atoms with E-state index in [1.165, 1.54) is 6.33 Å². The summed E-state index contributed by atoms with van der Waals surface area (Å²) in [5.41, 5.74) is 0.849. The van der Waals surface area contributed by atoms with Crippen molar-refractivity contribution < 1.29 is 0 Å². The third-order valence-corrected chi connectivity index (χ3v) is 2.71. The van der Waals surface area contributed by atoms with Crippen LogP contribution in [0.3, 0.4) is 0 Å². The van der Waals surface area contributed by atoms with E-state index in [-0.39, 0.29) is 0 Å². The van der Waals surface area contributed by atoms with Crippen molar-refractivity contribution in [2.24, 2.45) is 0 Å². The molecule has 1 aliphatic heterocycles. The van der Waals surface area contributed by atoms with Crippen LogP contribution in [0.15, 0.2) is 18.7 Å². The molecular weight excluding hydrogens is 218 g/mol. The van der Waals surface area contributed by atoms with E-state index in [0.29, 0.717) is 5.82 Å². The molecule has 7 nitrogen and oxygen atoms in total. The molecule has 0 aliphatic carbocycles. The zero-order valence-electron chi connectivity index (χ0n) is 9.30. The van der Waals surface area contributed by atoms with Crippen LogP contribution >= 0.6 is 0 Å². The molecule has 1 saturated heterocycles. The molecule has 0 aromatic carbocycles. The Kier molecular flexibility index (Phi) is 2.66. The van der Waals surface area contributed by atoms with E-state index < -0.39 is 0 Å². The molecule has 0 atom stereocenters. The Morgan fingerprint density at radius 2 is 1.88 bits per heavy atom. The van der Waals surface area contributed by atoms with Crippen molar-refractivity contribution in [2.45, 2.75) is 0 Å². The summed E-state index contributed by atoms with van der Waals surface area (Å²) in [5.74, 6) is 1.45. The van der Waals surface area contributed by atoms with Gasteiger partial charge in [-0.15, -0.1) is 5.10 Å².